The Morgan fingerprint density at radius 3 is 3.00 bits per heavy atom. The zero-order chi connectivity index (χ0) is 14.9. The lowest BCUT2D eigenvalue weighted by atomic mass is 10.1. The van der Waals surface area contributed by atoms with Crippen molar-refractivity contribution >= 4 is 16.6 Å². The summed E-state index contributed by atoms with van der Waals surface area (Å²) in [6.07, 6.45) is 6.33. The van der Waals surface area contributed by atoms with Crippen LogP contribution in [0.4, 0.5) is 5.82 Å². The summed E-state index contributed by atoms with van der Waals surface area (Å²) in [6.45, 7) is 1.82. The number of nitrogens with zero attached hydrogens (tertiary/aromatic N) is 5. The number of fused-ring (bicyclic) bond motifs is 1. The minimum atomic E-state index is 0.294. The molecule has 1 aliphatic heterocycles. The Balaban J connectivity index is 1.63. The van der Waals surface area contributed by atoms with Gasteiger partial charge >= 0.3 is 0 Å². The highest BCUT2D eigenvalue weighted by atomic mass is 15.3. The number of anilines is 1. The second kappa shape index (κ2) is 5.15. The minimum Gasteiger partial charge on any atom is -0.354 e. The second-order valence-electron chi connectivity index (χ2n) is 5.57. The quantitative estimate of drug-likeness (QED) is 0.728. The van der Waals surface area contributed by atoms with Crippen molar-refractivity contribution in [2.45, 2.75) is 12.5 Å². The van der Waals surface area contributed by atoms with E-state index in [0.29, 0.717) is 11.6 Å². The van der Waals surface area contributed by atoms with E-state index >= 15 is 0 Å². The van der Waals surface area contributed by atoms with Gasteiger partial charge in [0.2, 0.25) is 0 Å². The third kappa shape index (κ3) is 2.09. The van der Waals surface area contributed by atoms with E-state index in [0.717, 1.165) is 25.3 Å². The molecule has 1 unspecified atom stereocenters. The topological polar surface area (TPSA) is 57.7 Å². The predicted molar refractivity (Wildman–Crippen MR) is 84.6 cm³/mol. The molecule has 4 rings (SSSR count). The largest absolute Gasteiger partial charge is 0.354 e. The van der Waals surface area contributed by atoms with Crippen LogP contribution in [-0.2, 0) is 0 Å². The number of hydrogen-bond donors (Lipinski definition) is 0. The monoisotopic (exact) mass is 289 g/mol. The molecule has 1 fully saturated rings. The van der Waals surface area contributed by atoms with E-state index in [-0.39, 0.29) is 0 Å². The lowest BCUT2D eigenvalue weighted by Crippen LogP contribution is -2.22. The van der Waals surface area contributed by atoms with Crippen LogP contribution in [0.1, 0.15) is 18.0 Å². The number of benzene rings is 1. The summed E-state index contributed by atoms with van der Waals surface area (Å²) in [6, 6.07) is 12.8. The molecule has 5 heteroatoms. The van der Waals surface area contributed by atoms with Gasteiger partial charge in [-0.25, -0.2) is 4.98 Å². The average Bonchev–Trinajstić information content (AvgIpc) is 3.23. The fourth-order valence-electron chi connectivity index (χ4n) is 3.10. The Morgan fingerprint density at radius 2 is 2.14 bits per heavy atom. The van der Waals surface area contributed by atoms with E-state index in [4.69, 9.17) is 5.26 Å². The molecule has 5 nitrogen and oxygen atoms in total. The van der Waals surface area contributed by atoms with Crippen molar-refractivity contribution in [3.05, 3.63) is 54.5 Å². The van der Waals surface area contributed by atoms with Crippen LogP contribution in [0, 0.1) is 11.3 Å². The van der Waals surface area contributed by atoms with Crippen LogP contribution in [-0.4, -0.2) is 27.9 Å². The highest BCUT2D eigenvalue weighted by Crippen LogP contribution is 2.30. The van der Waals surface area contributed by atoms with E-state index < -0.39 is 0 Å². The fourth-order valence-corrected chi connectivity index (χ4v) is 3.10. The van der Waals surface area contributed by atoms with Gasteiger partial charge in [0.05, 0.1) is 17.8 Å². The van der Waals surface area contributed by atoms with Gasteiger partial charge in [-0.05, 0) is 17.9 Å². The second-order valence-corrected chi connectivity index (χ2v) is 5.57. The maximum absolute atomic E-state index is 8.92. The molecule has 0 amide bonds. The number of pyridine rings is 1. The first-order valence-electron chi connectivity index (χ1n) is 7.38. The number of rotatable bonds is 2. The van der Waals surface area contributed by atoms with Gasteiger partial charge in [-0.2, -0.15) is 10.4 Å². The molecule has 0 saturated carbocycles. The molecule has 0 bridgehead atoms. The fraction of sp³-hybridized carbons (Fsp3) is 0.235. The summed E-state index contributed by atoms with van der Waals surface area (Å²) in [4.78, 5) is 6.89. The van der Waals surface area contributed by atoms with E-state index in [2.05, 4.69) is 33.2 Å². The van der Waals surface area contributed by atoms with E-state index in [9.17, 15) is 0 Å². The molecular formula is C17H15N5. The van der Waals surface area contributed by atoms with Crippen molar-refractivity contribution in [2.75, 3.05) is 18.0 Å². The number of aromatic nitrogens is 3. The van der Waals surface area contributed by atoms with Crippen molar-refractivity contribution in [2.24, 2.45) is 0 Å². The van der Waals surface area contributed by atoms with Crippen molar-refractivity contribution in [3.63, 3.8) is 0 Å². The van der Waals surface area contributed by atoms with Crippen molar-refractivity contribution < 1.29 is 0 Å². The first-order valence-corrected chi connectivity index (χ1v) is 7.38. The molecule has 1 saturated heterocycles. The highest BCUT2D eigenvalue weighted by Gasteiger charge is 2.26. The van der Waals surface area contributed by atoms with Crippen LogP contribution >= 0.6 is 0 Å². The maximum Gasteiger partial charge on any atom is 0.136 e. The summed E-state index contributed by atoms with van der Waals surface area (Å²) in [5, 5.41) is 15.6. The van der Waals surface area contributed by atoms with Crippen molar-refractivity contribution in [3.8, 4) is 6.07 Å². The molecule has 1 atom stereocenters. The lowest BCUT2D eigenvalue weighted by Gasteiger charge is -2.19. The molecule has 108 valence electrons. The predicted octanol–water partition coefficient (Wildman–Crippen LogP) is 2.75. The maximum atomic E-state index is 8.92. The summed E-state index contributed by atoms with van der Waals surface area (Å²) in [5.74, 6) is 1.04. The van der Waals surface area contributed by atoms with E-state index in [1.165, 1.54) is 10.8 Å². The van der Waals surface area contributed by atoms with Crippen LogP contribution in [0.5, 0.6) is 0 Å². The first kappa shape index (κ1) is 12.8. The summed E-state index contributed by atoms with van der Waals surface area (Å²) in [7, 11) is 0. The molecule has 0 aliphatic carbocycles. The Hall–Kier alpha value is -2.87. The Bertz CT molecular complexity index is 855. The Kier molecular flexibility index (Phi) is 3.01. The van der Waals surface area contributed by atoms with Crippen LogP contribution in [0.25, 0.3) is 10.8 Å². The van der Waals surface area contributed by atoms with Gasteiger partial charge in [-0.3, -0.25) is 4.68 Å². The first-order chi connectivity index (χ1) is 10.8. The van der Waals surface area contributed by atoms with Crippen LogP contribution in [0.15, 0.2) is 48.9 Å². The van der Waals surface area contributed by atoms with Crippen molar-refractivity contribution in [1.29, 1.82) is 5.26 Å². The van der Waals surface area contributed by atoms with E-state index in [1.54, 1.807) is 6.20 Å². The Morgan fingerprint density at radius 1 is 1.23 bits per heavy atom. The standard InChI is InChI=1S/C17H15N5/c18-9-13-10-20-22(11-13)15-6-8-21(12-15)17-16-4-2-1-3-14(16)5-7-19-17/h1-5,7,10-11,15H,6,8,12H2. The molecule has 3 aromatic rings. The molecule has 0 spiro atoms. The Labute approximate surface area is 128 Å². The molecule has 0 radical (unpaired) electrons. The van der Waals surface area contributed by atoms with Crippen LogP contribution in [0.3, 0.4) is 0 Å². The van der Waals surface area contributed by atoms with Gasteiger partial charge in [0, 0.05) is 30.9 Å². The van der Waals surface area contributed by atoms with Crippen molar-refractivity contribution in [1.82, 2.24) is 14.8 Å². The molecule has 3 heterocycles. The van der Waals surface area contributed by atoms with Gasteiger partial charge in [0.15, 0.2) is 0 Å². The zero-order valence-electron chi connectivity index (χ0n) is 12.1. The van der Waals surface area contributed by atoms with Gasteiger partial charge in [-0.15, -0.1) is 0 Å². The normalized spacial score (nSPS) is 17.8. The molecule has 1 aliphatic rings. The molecule has 0 N–H and O–H groups in total. The molecule has 22 heavy (non-hydrogen) atoms. The third-order valence-corrected chi connectivity index (χ3v) is 4.22. The minimum absolute atomic E-state index is 0.294. The lowest BCUT2D eigenvalue weighted by molar-refractivity contribution is 0.494. The SMILES string of the molecule is N#Cc1cnn(C2CCN(c3nccc4ccccc34)C2)c1. The highest BCUT2D eigenvalue weighted by molar-refractivity contribution is 5.92. The average molecular weight is 289 g/mol. The molecular weight excluding hydrogens is 274 g/mol. The smallest absolute Gasteiger partial charge is 0.136 e. The third-order valence-electron chi connectivity index (χ3n) is 4.22. The summed E-state index contributed by atoms with van der Waals surface area (Å²) in [5.41, 5.74) is 0.613. The van der Waals surface area contributed by atoms with E-state index in [1.807, 2.05) is 35.3 Å². The van der Waals surface area contributed by atoms with Gasteiger partial charge < -0.3 is 4.90 Å². The van der Waals surface area contributed by atoms with Crippen LogP contribution < -0.4 is 4.90 Å². The van der Waals surface area contributed by atoms with Gasteiger partial charge in [0.25, 0.3) is 0 Å². The summed E-state index contributed by atoms with van der Waals surface area (Å²) >= 11 is 0. The number of nitriles is 1. The van der Waals surface area contributed by atoms with Gasteiger partial charge in [0.1, 0.15) is 11.9 Å². The van der Waals surface area contributed by atoms with Gasteiger partial charge in [-0.1, -0.05) is 24.3 Å². The van der Waals surface area contributed by atoms with Crippen LogP contribution in [0.2, 0.25) is 0 Å². The molecule has 2 aromatic heterocycles. The zero-order valence-corrected chi connectivity index (χ0v) is 12.1. The summed E-state index contributed by atoms with van der Waals surface area (Å²) < 4.78 is 1.91. The molecule has 1 aromatic carbocycles. The number of hydrogen-bond acceptors (Lipinski definition) is 4.